The number of esters is 1. The van der Waals surface area contributed by atoms with Crippen LogP contribution in [0.4, 0.5) is 5.69 Å². The summed E-state index contributed by atoms with van der Waals surface area (Å²) in [6.07, 6.45) is 0. The third kappa shape index (κ3) is 4.16. The van der Waals surface area contributed by atoms with Crippen molar-refractivity contribution in [1.82, 2.24) is 0 Å². The smallest absolute Gasteiger partial charge is 0.320 e. The van der Waals surface area contributed by atoms with Crippen LogP contribution in [0.3, 0.4) is 0 Å². The molecule has 1 unspecified atom stereocenters. The summed E-state index contributed by atoms with van der Waals surface area (Å²) in [5.41, 5.74) is 0.0689. The lowest BCUT2D eigenvalue weighted by atomic mass is 9.94. The van der Waals surface area contributed by atoms with Gasteiger partial charge >= 0.3 is 5.97 Å². The SMILES string of the molecule is COC(=O)C(C(C)=O)c1cc(NS(=O)(=O)c2ccccc2)ccc1O. The van der Waals surface area contributed by atoms with Gasteiger partial charge in [-0.15, -0.1) is 0 Å². The Balaban J connectivity index is 2.42. The van der Waals surface area contributed by atoms with Gasteiger partial charge in [-0.2, -0.15) is 0 Å². The van der Waals surface area contributed by atoms with Crippen molar-refractivity contribution in [2.75, 3.05) is 11.8 Å². The van der Waals surface area contributed by atoms with Gasteiger partial charge in [0, 0.05) is 11.3 Å². The molecule has 1 atom stereocenters. The first-order chi connectivity index (χ1) is 11.8. The number of ketones is 1. The number of hydrogen-bond acceptors (Lipinski definition) is 6. The van der Waals surface area contributed by atoms with Crippen molar-refractivity contribution in [2.24, 2.45) is 0 Å². The molecular formula is C17H17NO6S. The Morgan fingerprint density at radius 1 is 1.12 bits per heavy atom. The fraction of sp³-hybridized carbons (Fsp3) is 0.176. The van der Waals surface area contributed by atoms with E-state index in [0.29, 0.717) is 0 Å². The molecule has 2 aromatic rings. The monoisotopic (exact) mass is 363 g/mol. The maximum Gasteiger partial charge on any atom is 0.320 e. The Bertz CT molecular complexity index is 893. The summed E-state index contributed by atoms with van der Waals surface area (Å²) in [4.78, 5) is 23.7. The molecule has 0 bridgehead atoms. The second-order valence-electron chi connectivity index (χ2n) is 5.26. The van der Waals surface area contributed by atoms with Gasteiger partial charge < -0.3 is 9.84 Å². The Morgan fingerprint density at radius 3 is 2.32 bits per heavy atom. The molecule has 0 fully saturated rings. The largest absolute Gasteiger partial charge is 0.508 e. The van der Waals surface area contributed by atoms with E-state index in [9.17, 15) is 23.1 Å². The molecule has 7 nitrogen and oxygen atoms in total. The summed E-state index contributed by atoms with van der Waals surface area (Å²) in [7, 11) is -2.73. The first-order valence-electron chi connectivity index (χ1n) is 7.25. The molecule has 0 aliphatic heterocycles. The fourth-order valence-corrected chi connectivity index (χ4v) is 3.36. The summed E-state index contributed by atoms with van der Waals surface area (Å²) >= 11 is 0. The van der Waals surface area contributed by atoms with E-state index in [2.05, 4.69) is 9.46 Å². The molecule has 0 heterocycles. The van der Waals surface area contributed by atoms with E-state index < -0.39 is 27.7 Å². The van der Waals surface area contributed by atoms with Crippen molar-refractivity contribution < 1.29 is 27.9 Å². The quantitative estimate of drug-likeness (QED) is 0.462. The zero-order valence-corrected chi connectivity index (χ0v) is 14.4. The topological polar surface area (TPSA) is 110 Å². The minimum Gasteiger partial charge on any atom is -0.508 e. The normalized spacial score (nSPS) is 12.2. The zero-order chi connectivity index (χ0) is 18.6. The average molecular weight is 363 g/mol. The molecule has 25 heavy (non-hydrogen) atoms. The zero-order valence-electron chi connectivity index (χ0n) is 13.6. The summed E-state index contributed by atoms with van der Waals surface area (Å²) in [6, 6.07) is 11.5. The predicted molar refractivity (Wildman–Crippen MR) is 90.8 cm³/mol. The van der Waals surface area contributed by atoms with Crippen LogP contribution in [0, 0.1) is 0 Å². The van der Waals surface area contributed by atoms with Crippen LogP contribution in [0.1, 0.15) is 18.4 Å². The Hall–Kier alpha value is -2.87. The molecule has 0 aliphatic carbocycles. The van der Waals surface area contributed by atoms with Crippen molar-refractivity contribution >= 4 is 27.5 Å². The van der Waals surface area contributed by atoms with E-state index >= 15 is 0 Å². The molecule has 0 saturated carbocycles. The number of hydrogen-bond donors (Lipinski definition) is 2. The van der Waals surface area contributed by atoms with Crippen LogP contribution in [-0.2, 0) is 24.3 Å². The number of carbonyl (C=O) groups is 2. The minimum absolute atomic E-state index is 0.0346. The molecule has 0 radical (unpaired) electrons. The van der Waals surface area contributed by atoms with Crippen LogP contribution >= 0.6 is 0 Å². The van der Waals surface area contributed by atoms with Gasteiger partial charge in [-0.05, 0) is 37.3 Å². The second-order valence-corrected chi connectivity index (χ2v) is 6.94. The summed E-state index contributed by atoms with van der Waals surface area (Å²) < 4.78 is 31.7. The number of anilines is 1. The molecule has 132 valence electrons. The van der Waals surface area contributed by atoms with Gasteiger partial charge in [-0.3, -0.25) is 14.3 Å². The molecule has 0 saturated heterocycles. The molecule has 0 amide bonds. The highest BCUT2D eigenvalue weighted by Crippen LogP contribution is 2.31. The van der Waals surface area contributed by atoms with Crippen molar-refractivity contribution in [3.63, 3.8) is 0 Å². The highest BCUT2D eigenvalue weighted by Gasteiger charge is 2.29. The first kappa shape index (κ1) is 18.5. The van der Waals surface area contributed by atoms with E-state index in [1.54, 1.807) is 18.2 Å². The lowest BCUT2D eigenvalue weighted by Gasteiger charge is -2.15. The van der Waals surface area contributed by atoms with E-state index in [1.165, 1.54) is 37.3 Å². The van der Waals surface area contributed by atoms with Gasteiger partial charge in [0.15, 0.2) is 0 Å². The number of phenols is 1. The van der Waals surface area contributed by atoms with Crippen molar-refractivity contribution in [3.8, 4) is 5.75 Å². The number of benzene rings is 2. The van der Waals surface area contributed by atoms with Crippen LogP contribution in [0.25, 0.3) is 0 Å². The Labute approximate surface area is 145 Å². The number of sulfonamides is 1. The first-order valence-corrected chi connectivity index (χ1v) is 8.73. The van der Waals surface area contributed by atoms with Gasteiger partial charge in [0.05, 0.1) is 12.0 Å². The van der Waals surface area contributed by atoms with Crippen LogP contribution in [-0.4, -0.2) is 32.4 Å². The van der Waals surface area contributed by atoms with Crippen LogP contribution in [0.2, 0.25) is 0 Å². The Morgan fingerprint density at radius 2 is 1.76 bits per heavy atom. The molecule has 2 aromatic carbocycles. The summed E-state index contributed by atoms with van der Waals surface area (Å²) in [5.74, 6) is -3.03. The number of aromatic hydroxyl groups is 1. The molecule has 0 aliphatic rings. The van der Waals surface area contributed by atoms with Gasteiger partial charge in [-0.1, -0.05) is 18.2 Å². The average Bonchev–Trinajstić information content (AvgIpc) is 2.58. The number of phenolic OH excluding ortho intramolecular Hbond substituents is 1. The van der Waals surface area contributed by atoms with Crippen LogP contribution < -0.4 is 4.72 Å². The number of nitrogens with one attached hydrogen (secondary N) is 1. The highest BCUT2D eigenvalue weighted by molar-refractivity contribution is 7.92. The number of Topliss-reactive ketones (excluding diaryl/α,β-unsaturated/α-hetero) is 1. The predicted octanol–water partition coefficient (Wildman–Crippen LogP) is 2.04. The second kappa shape index (κ2) is 7.35. The number of carbonyl (C=O) groups excluding carboxylic acids is 2. The van der Waals surface area contributed by atoms with E-state index in [-0.39, 0.29) is 21.9 Å². The van der Waals surface area contributed by atoms with E-state index in [4.69, 9.17) is 0 Å². The minimum atomic E-state index is -3.85. The highest BCUT2D eigenvalue weighted by atomic mass is 32.2. The number of methoxy groups -OCH3 is 1. The molecule has 8 heteroatoms. The fourth-order valence-electron chi connectivity index (χ4n) is 2.29. The van der Waals surface area contributed by atoms with Gasteiger partial charge in [0.1, 0.15) is 17.5 Å². The third-order valence-corrected chi connectivity index (χ3v) is 4.88. The van der Waals surface area contributed by atoms with Crippen molar-refractivity contribution in [2.45, 2.75) is 17.7 Å². The molecular weight excluding hydrogens is 346 g/mol. The van der Waals surface area contributed by atoms with Crippen LogP contribution in [0.5, 0.6) is 5.75 Å². The summed E-state index contributed by atoms with van der Waals surface area (Å²) in [5, 5.41) is 9.98. The summed E-state index contributed by atoms with van der Waals surface area (Å²) in [6.45, 7) is 1.18. The lowest BCUT2D eigenvalue weighted by Crippen LogP contribution is -2.21. The van der Waals surface area contributed by atoms with Gasteiger partial charge in [-0.25, -0.2) is 8.42 Å². The molecule has 0 spiro atoms. The van der Waals surface area contributed by atoms with E-state index in [1.807, 2.05) is 0 Å². The van der Waals surface area contributed by atoms with Gasteiger partial charge in [0.25, 0.3) is 10.0 Å². The maximum absolute atomic E-state index is 12.4. The maximum atomic E-state index is 12.4. The van der Waals surface area contributed by atoms with Crippen molar-refractivity contribution in [1.29, 1.82) is 0 Å². The Kier molecular flexibility index (Phi) is 5.43. The molecule has 2 rings (SSSR count). The number of ether oxygens (including phenoxy) is 1. The van der Waals surface area contributed by atoms with Crippen LogP contribution in [0.15, 0.2) is 53.4 Å². The van der Waals surface area contributed by atoms with Gasteiger partial charge in [0.2, 0.25) is 0 Å². The lowest BCUT2D eigenvalue weighted by molar-refractivity contribution is -0.145. The van der Waals surface area contributed by atoms with E-state index in [0.717, 1.165) is 7.11 Å². The van der Waals surface area contributed by atoms with Crippen molar-refractivity contribution in [3.05, 3.63) is 54.1 Å². The molecule has 0 aromatic heterocycles. The number of rotatable bonds is 6. The third-order valence-electron chi connectivity index (χ3n) is 3.49. The standard InChI is InChI=1S/C17H17NO6S/c1-11(19)16(17(21)24-2)14-10-12(8-9-15(14)20)18-25(22,23)13-6-4-3-5-7-13/h3-10,16,18,20H,1-2H3. The molecule has 2 N–H and O–H groups in total.